The summed E-state index contributed by atoms with van der Waals surface area (Å²) in [5.74, 6) is 0.568. The van der Waals surface area contributed by atoms with Crippen molar-refractivity contribution in [2.75, 3.05) is 24.5 Å². The van der Waals surface area contributed by atoms with Crippen molar-refractivity contribution in [2.45, 2.75) is 30.6 Å². The van der Waals surface area contributed by atoms with Crippen molar-refractivity contribution in [1.29, 1.82) is 0 Å². The summed E-state index contributed by atoms with van der Waals surface area (Å²) in [6.45, 7) is 1.70. The normalized spacial score (nSPS) is 24.0. The summed E-state index contributed by atoms with van der Waals surface area (Å²) in [5.41, 5.74) is 0. The molecule has 9 heteroatoms. The Morgan fingerprint density at radius 3 is 2.36 bits per heavy atom. The van der Waals surface area contributed by atoms with E-state index >= 15 is 0 Å². The number of carbonyl (C=O) groups is 1. The quantitative estimate of drug-likeness (QED) is 0.747. The number of hydrogen-bond donors (Lipinski definition) is 0. The summed E-state index contributed by atoms with van der Waals surface area (Å²) in [5, 5.41) is -0.780. The van der Waals surface area contributed by atoms with Crippen LogP contribution >= 0.6 is 10.7 Å². The topological polar surface area (TPSA) is 83.5 Å². The number of piperidine rings is 1. The minimum absolute atomic E-state index is 0.00611. The Labute approximate surface area is 133 Å². The van der Waals surface area contributed by atoms with Crippen molar-refractivity contribution in [1.82, 2.24) is 14.9 Å². The maximum Gasteiger partial charge on any atom is 0.237 e. The summed E-state index contributed by atoms with van der Waals surface area (Å²) in [6.07, 6.45) is 4.95. The number of likely N-dealkylation sites (tertiary alicyclic amines) is 1. The second-order valence-corrected chi connectivity index (χ2v) is 8.52. The second kappa shape index (κ2) is 6.00. The van der Waals surface area contributed by atoms with Crippen molar-refractivity contribution in [3.8, 4) is 0 Å². The minimum Gasteiger partial charge on any atom is -0.341 e. The van der Waals surface area contributed by atoms with E-state index in [1.165, 1.54) is 0 Å². The van der Waals surface area contributed by atoms with Crippen LogP contribution in [0.15, 0.2) is 18.5 Å². The molecular weight excluding hydrogens is 328 g/mol. The lowest BCUT2D eigenvalue weighted by Crippen LogP contribution is -2.46. The molecule has 2 fully saturated rings. The largest absolute Gasteiger partial charge is 0.341 e. The van der Waals surface area contributed by atoms with Crippen molar-refractivity contribution >= 4 is 31.6 Å². The van der Waals surface area contributed by atoms with Gasteiger partial charge in [-0.05, 0) is 18.9 Å². The average molecular weight is 345 g/mol. The van der Waals surface area contributed by atoms with Crippen molar-refractivity contribution in [3.05, 3.63) is 18.5 Å². The summed E-state index contributed by atoms with van der Waals surface area (Å²) < 4.78 is 22.8. The SMILES string of the molecule is O=C1CC(S(=O)(=O)Cl)CN1C1CCN(c2ncccn2)CC1. The molecule has 1 atom stereocenters. The van der Waals surface area contributed by atoms with Crippen LogP contribution < -0.4 is 4.90 Å². The maximum atomic E-state index is 12.0. The van der Waals surface area contributed by atoms with E-state index in [0.29, 0.717) is 5.95 Å². The van der Waals surface area contributed by atoms with Crippen molar-refractivity contribution < 1.29 is 13.2 Å². The summed E-state index contributed by atoms with van der Waals surface area (Å²) in [6, 6.07) is 1.84. The molecule has 0 saturated carbocycles. The molecular formula is C13H17ClN4O3S. The third-order valence-electron chi connectivity index (χ3n) is 4.26. The fourth-order valence-electron chi connectivity index (χ4n) is 3.07. The average Bonchev–Trinajstić information content (AvgIpc) is 2.90. The molecule has 2 aliphatic heterocycles. The van der Waals surface area contributed by atoms with Crippen LogP contribution in [0, 0.1) is 0 Å². The van der Waals surface area contributed by atoms with Gasteiger partial charge in [0.15, 0.2) is 0 Å². The molecule has 1 aromatic heterocycles. The van der Waals surface area contributed by atoms with E-state index < -0.39 is 14.3 Å². The number of anilines is 1. The highest BCUT2D eigenvalue weighted by Crippen LogP contribution is 2.27. The van der Waals surface area contributed by atoms with E-state index in [9.17, 15) is 13.2 Å². The van der Waals surface area contributed by atoms with Gasteiger partial charge in [-0.25, -0.2) is 18.4 Å². The highest BCUT2D eigenvalue weighted by Gasteiger charge is 2.41. The van der Waals surface area contributed by atoms with E-state index in [-0.39, 0.29) is 24.9 Å². The summed E-state index contributed by atoms with van der Waals surface area (Å²) in [4.78, 5) is 24.2. The second-order valence-electron chi connectivity index (χ2n) is 5.61. The van der Waals surface area contributed by atoms with Crippen LogP contribution in [0.25, 0.3) is 0 Å². The Morgan fingerprint density at radius 1 is 1.18 bits per heavy atom. The van der Waals surface area contributed by atoms with E-state index in [0.717, 1.165) is 25.9 Å². The maximum absolute atomic E-state index is 12.0. The Kier molecular flexibility index (Phi) is 4.22. The number of nitrogens with zero attached hydrogens (tertiary/aromatic N) is 4. The Morgan fingerprint density at radius 2 is 1.82 bits per heavy atom. The van der Waals surface area contributed by atoms with Crippen LogP contribution in [0.4, 0.5) is 5.95 Å². The molecule has 1 unspecified atom stereocenters. The van der Waals surface area contributed by atoms with E-state index in [1.54, 1.807) is 23.4 Å². The van der Waals surface area contributed by atoms with Gasteiger partial charge in [-0.15, -0.1) is 0 Å². The first kappa shape index (κ1) is 15.5. The van der Waals surface area contributed by atoms with Crippen LogP contribution in [0.2, 0.25) is 0 Å². The number of rotatable bonds is 3. The highest BCUT2D eigenvalue weighted by atomic mass is 35.7. The van der Waals surface area contributed by atoms with Crippen LogP contribution in [-0.2, 0) is 13.8 Å². The highest BCUT2D eigenvalue weighted by molar-refractivity contribution is 8.14. The zero-order valence-electron chi connectivity index (χ0n) is 11.9. The summed E-state index contributed by atoms with van der Waals surface area (Å²) >= 11 is 0. The van der Waals surface area contributed by atoms with Gasteiger partial charge in [0, 0.05) is 55.2 Å². The van der Waals surface area contributed by atoms with Gasteiger partial charge in [-0.1, -0.05) is 0 Å². The lowest BCUT2D eigenvalue weighted by atomic mass is 10.0. The van der Waals surface area contributed by atoms with Gasteiger partial charge in [-0.2, -0.15) is 0 Å². The fraction of sp³-hybridized carbons (Fsp3) is 0.615. The monoisotopic (exact) mass is 344 g/mol. The first-order valence-electron chi connectivity index (χ1n) is 7.20. The molecule has 3 rings (SSSR count). The molecule has 2 aliphatic rings. The van der Waals surface area contributed by atoms with Crippen molar-refractivity contribution in [2.24, 2.45) is 0 Å². The number of aromatic nitrogens is 2. The number of carbonyl (C=O) groups excluding carboxylic acids is 1. The molecule has 1 amide bonds. The van der Waals surface area contributed by atoms with Gasteiger partial charge >= 0.3 is 0 Å². The molecule has 7 nitrogen and oxygen atoms in total. The molecule has 3 heterocycles. The van der Waals surface area contributed by atoms with Crippen LogP contribution in [0.5, 0.6) is 0 Å². The molecule has 120 valence electrons. The molecule has 22 heavy (non-hydrogen) atoms. The number of amides is 1. The van der Waals surface area contributed by atoms with E-state index in [2.05, 4.69) is 14.9 Å². The van der Waals surface area contributed by atoms with Gasteiger partial charge in [0.25, 0.3) is 0 Å². The zero-order chi connectivity index (χ0) is 15.7. The third-order valence-corrected chi connectivity index (χ3v) is 6.13. The zero-order valence-corrected chi connectivity index (χ0v) is 13.5. The molecule has 0 bridgehead atoms. The molecule has 1 aromatic rings. The Balaban J connectivity index is 1.61. The van der Waals surface area contributed by atoms with Crippen LogP contribution in [-0.4, -0.2) is 60.1 Å². The molecule has 0 N–H and O–H groups in total. The van der Waals surface area contributed by atoms with Crippen LogP contribution in [0.3, 0.4) is 0 Å². The standard InChI is InChI=1S/C13H17ClN4O3S/c14-22(20,21)11-8-12(19)18(9-11)10-2-6-17(7-3-10)13-15-4-1-5-16-13/h1,4-5,10-11H,2-3,6-9H2. The van der Waals surface area contributed by atoms with Crippen molar-refractivity contribution in [3.63, 3.8) is 0 Å². The van der Waals surface area contributed by atoms with Gasteiger partial charge in [0.1, 0.15) is 5.25 Å². The van der Waals surface area contributed by atoms with Gasteiger partial charge in [-0.3, -0.25) is 4.79 Å². The first-order chi connectivity index (χ1) is 10.4. The van der Waals surface area contributed by atoms with Crippen LogP contribution in [0.1, 0.15) is 19.3 Å². The van der Waals surface area contributed by atoms with Gasteiger partial charge in [0.2, 0.25) is 20.9 Å². The predicted molar refractivity (Wildman–Crippen MR) is 82.2 cm³/mol. The molecule has 2 saturated heterocycles. The third kappa shape index (κ3) is 3.17. The summed E-state index contributed by atoms with van der Waals surface area (Å²) in [7, 11) is 1.70. The first-order valence-corrected chi connectivity index (χ1v) is 9.57. The molecule has 0 aliphatic carbocycles. The Bertz CT molecular complexity index is 647. The van der Waals surface area contributed by atoms with E-state index in [1.807, 2.05) is 0 Å². The fourth-order valence-corrected chi connectivity index (χ4v) is 4.11. The number of halogens is 1. The molecule has 0 spiro atoms. The Hall–Kier alpha value is -1.41. The van der Waals surface area contributed by atoms with Gasteiger partial charge in [0.05, 0.1) is 0 Å². The lowest BCUT2D eigenvalue weighted by Gasteiger charge is -2.36. The smallest absolute Gasteiger partial charge is 0.237 e. The van der Waals surface area contributed by atoms with E-state index in [4.69, 9.17) is 10.7 Å². The predicted octanol–water partition coefficient (Wildman–Crippen LogP) is 0.615. The molecule has 0 aromatic carbocycles. The lowest BCUT2D eigenvalue weighted by molar-refractivity contribution is -0.130. The number of hydrogen-bond acceptors (Lipinski definition) is 6. The minimum atomic E-state index is -3.68. The van der Waals surface area contributed by atoms with Gasteiger partial charge < -0.3 is 9.80 Å². The molecule has 0 radical (unpaired) electrons.